The van der Waals surface area contributed by atoms with Crippen LogP contribution in [0.4, 0.5) is 4.39 Å². The second-order valence-corrected chi connectivity index (χ2v) is 8.21. The summed E-state index contributed by atoms with van der Waals surface area (Å²) in [5.41, 5.74) is 3.20. The normalized spacial score (nSPS) is 15.6. The molecule has 2 heterocycles. The lowest BCUT2D eigenvalue weighted by molar-refractivity contribution is -0.107. The molecule has 0 spiro atoms. The van der Waals surface area contributed by atoms with Gasteiger partial charge in [0.1, 0.15) is 23.1 Å². The predicted molar refractivity (Wildman–Crippen MR) is 104 cm³/mol. The molecule has 27 heavy (non-hydrogen) atoms. The molecule has 0 saturated carbocycles. The lowest BCUT2D eigenvalue weighted by atomic mass is 10.1. The first kappa shape index (κ1) is 18.1. The lowest BCUT2D eigenvalue weighted by Crippen LogP contribution is -2.32. The molecule has 3 aromatic rings. The first-order chi connectivity index (χ1) is 13.2. The molecule has 0 aliphatic carbocycles. The number of nitrogens with zero attached hydrogens (tertiary/aromatic N) is 2. The number of rotatable bonds is 6. The number of fused-ring (bicyclic) bond motifs is 3. The number of aldehydes is 1. The van der Waals surface area contributed by atoms with Gasteiger partial charge in [0.25, 0.3) is 0 Å². The molecule has 1 aromatic heterocycles. The number of aryl methyl sites for hydroxylation is 1. The van der Waals surface area contributed by atoms with Crippen molar-refractivity contribution < 1.29 is 13.4 Å². The highest BCUT2D eigenvalue weighted by atomic mass is 32.2. The van der Waals surface area contributed by atoms with Crippen LogP contribution in [0.5, 0.6) is 0 Å². The Kier molecular flexibility index (Phi) is 5.18. The second-order valence-electron chi connectivity index (χ2n) is 6.72. The van der Waals surface area contributed by atoms with E-state index in [4.69, 9.17) is 0 Å². The first-order valence-electron chi connectivity index (χ1n) is 9.14. The van der Waals surface area contributed by atoms with E-state index in [1.54, 1.807) is 6.07 Å². The Morgan fingerprint density at radius 2 is 1.96 bits per heavy atom. The minimum atomic E-state index is -1.24. The van der Waals surface area contributed by atoms with Gasteiger partial charge in [-0.2, -0.15) is 0 Å². The molecule has 1 aliphatic rings. The number of carbonyl (C=O) groups excluding carboxylic acids is 1. The monoisotopic (exact) mass is 384 g/mol. The average molecular weight is 384 g/mol. The third-order valence-corrected chi connectivity index (χ3v) is 6.52. The van der Waals surface area contributed by atoms with Gasteiger partial charge >= 0.3 is 0 Å². The van der Waals surface area contributed by atoms with Gasteiger partial charge in [-0.25, -0.2) is 12.9 Å². The summed E-state index contributed by atoms with van der Waals surface area (Å²) in [6, 6.07) is 14.3. The van der Waals surface area contributed by atoms with Crippen molar-refractivity contribution in [2.45, 2.75) is 37.2 Å². The summed E-state index contributed by atoms with van der Waals surface area (Å²) < 4.78 is 31.0. The zero-order valence-corrected chi connectivity index (χ0v) is 15.8. The van der Waals surface area contributed by atoms with Crippen LogP contribution < -0.4 is 0 Å². The summed E-state index contributed by atoms with van der Waals surface area (Å²) in [5.74, 6) is -0.267. The van der Waals surface area contributed by atoms with Crippen molar-refractivity contribution in [1.29, 1.82) is 0 Å². The molecular formula is C21H21FN2O2S. The number of unbranched alkanes of at least 4 members (excludes halogenated alkanes) is 1. The third-order valence-electron chi connectivity index (χ3n) is 5.06. The Hall–Kier alpha value is -2.31. The fourth-order valence-electron chi connectivity index (χ4n) is 3.81. The van der Waals surface area contributed by atoms with E-state index >= 15 is 0 Å². The Morgan fingerprint density at radius 1 is 1.15 bits per heavy atom. The fraction of sp³-hybridized carbons (Fsp3) is 0.286. The summed E-state index contributed by atoms with van der Waals surface area (Å²) in [6.45, 7) is 1.94. The average Bonchev–Trinajstić information content (AvgIpc) is 3.01. The molecular weight excluding hydrogens is 363 g/mol. The van der Waals surface area contributed by atoms with Crippen LogP contribution >= 0.6 is 0 Å². The van der Waals surface area contributed by atoms with E-state index in [2.05, 4.69) is 4.57 Å². The summed E-state index contributed by atoms with van der Waals surface area (Å²) in [4.78, 5) is 11.5. The van der Waals surface area contributed by atoms with Crippen molar-refractivity contribution in [3.05, 3.63) is 65.6 Å². The van der Waals surface area contributed by atoms with Crippen LogP contribution in [0, 0.1) is 5.82 Å². The van der Waals surface area contributed by atoms with Crippen LogP contribution in [0.3, 0.4) is 0 Å². The van der Waals surface area contributed by atoms with E-state index in [0.717, 1.165) is 47.0 Å². The first-order valence-corrected chi connectivity index (χ1v) is 10.2. The van der Waals surface area contributed by atoms with Crippen LogP contribution in [-0.4, -0.2) is 25.9 Å². The number of halogens is 1. The van der Waals surface area contributed by atoms with Gasteiger partial charge in [-0.05, 0) is 42.3 Å². The Labute approximate surface area is 160 Å². The summed E-state index contributed by atoms with van der Waals surface area (Å²) in [7, 11) is -1.24. The van der Waals surface area contributed by atoms with E-state index in [0.29, 0.717) is 19.5 Å². The maximum absolute atomic E-state index is 13.9. The summed E-state index contributed by atoms with van der Waals surface area (Å²) in [6.07, 6.45) is 2.96. The molecule has 0 amide bonds. The molecule has 140 valence electrons. The largest absolute Gasteiger partial charge is 0.344 e. The second kappa shape index (κ2) is 7.74. The van der Waals surface area contributed by atoms with Crippen molar-refractivity contribution in [3.8, 4) is 0 Å². The Bertz CT molecular complexity index is 1000. The van der Waals surface area contributed by atoms with E-state index in [-0.39, 0.29) is 5.82 Å². The predicted octanol–water partition coefficient (Wildman–Crippen LogP) is 3.84. The molecule has 0 N–H and O–H groups in total. The molecule has 2 aromatic carbocycles. The maximum atomic E-state index is 13.9. The van der Waals surface area contributed by atoms with Crippen LogP contribution in [0.15, 0.2) is 53.4 Å². The Balaban J connectivity index is 1.71. The number of aromatic nitrogens is 1. The van der Waals surface area contributed by atoms with Gasteiger partial charge in [-0.3, -0.25) is 0 Å². The minimum Gasteiger partial charge on any atom is -0.344 e. The topological polar surface area (TPSA) is 42.3 Å². The van der Waals surface area contributed by atoms with Gasteiger partial charge in [-0.1, -0.05) is 18.2 Å². The lowest BCUT2D eigenvalue weighted by Gasteiger charge is -2.27. The van der Waals surface area contributed by atoms with Crippen molar-refractivity contribution in [2.24, 2.45) is 0 Å². The van der Waals surface area contributed by atoms with Crippen LogP contribution in [-0.2, 0) is 35.3 Å². The fourth-order valence-corrected chi connectivity index (χ4v) is 5.00. The van der Waals surface area contributed by atoms with E-state index in [1.165, 1.54) is 11.8 Å². The highest BCUT2D eigenvalue weighted by Gasteiger charge is 2.27. The van der Waals surface area contributed by atoms with E-state index in [9.17, 15) is 13.4 Å². The zero-order chi connectivity index (χ0) is 18.8. The van der Waals surface area contributed by atoms with Crippen LogP contribution in [0.2, 0.25) is 0 Å². The van der Waals surface area contributed by atoms with Gasteiger partial charge in [0.15, 0.2) is 0 Å². The highest BCUT2D eigenvalue weighted by molar-refractivity contribution is 7.82. The van der Waals surface area contributed by atoms with Gasteiger partial charge in [-0.15, -0.1) is 0 Å². The molecule has 0 bridgehead atoms. The van der Waals surface area contributed by atoms with Gasteiger partial charge < -0.3 is 9.36 Å². The number of carbonyl (C=O) groups is 1. The van der Waals surface area contributed by atoms with Gasteiger partial charge in [0.2, 0.25) is 0 Å². The molecule has 1 unspecified atom stereocenters. The van der Waals surface area contributed by atoms with Crippen molar-refractivity contribution in [3.63, 3.8) is 0 Å². The minimum absolute atomic E-state index is 0.267. The molecule has 0 saturated heterocycles. The van der Waals surface area contributed by atoms with E-state index < -0.39 is 11.0 Å². The molecule has 1 atom stereocenters. The zero-order valence-electron chi connectivity index (χ0n) is 14.9. The standard InChI is InChI=1S/C21H21FN2O2S/c22-16-8-9-20-18(14-16)19-15-23(27(26)17-6-2-1-3-7-17)12-10-21(19)24(20)11-4-5-13-25/h1-3,6-9,13-14H,4-5,10-12,15H2. The highest BCUT2D eigenvalue weighted by Crippen LogP contribution is 2.33. The SMILES string of the molecule is O=CCCCn1c2c(c3cc(F)ccc31)CN(S(=O)c1ccccc1)CC2. The van der Waals surface area contributed by atoms with Crippen molar-refractivity contribution >= 4 is 28.2 Å². The molecule has 1 aliphatic heterocycles. The number of benzene rings is 2. The molecule has 0 radical (unpaired) electrons. The molecule has 4 rings (SSSR count). The molecule has 6 heteroatoms. The van der Waals surface area contributed by atoms with Gasteiger partial charge in [0, 0.05) is 49.1 Å². The summed E-state index contributed by atoms with van der Waals surface area (Å²) in [5, 5.41) is 0.880. The van der Waals surface area contributed by atoms with Gasteiger partial charge in [0.05, 0.1) is 4.90 Å². The van der Waals surface area contributed by atoms with Crippen LogP contribution in [0.25, 0.3) is 10.9 Å². The number of hydrogen-bond acceptors (Lipinski definition) is 2. The summed E-state index contributed by atoms with van der Waals surface area (Å²) >= 11 is 0. The van der Waals surface area contributed by atoms with Crippen LogP contribution in [0.1, 0.15) is 24.1 Å². The smallest absolute Gasteiger partial charge is 0.127 e. The third kappa shape index (κ3) is 3.47. The molecule has 0 fully saturated rings. The quantitative estimate of drug-likeness (QED) is 0.479. The van der Waals surface area contributed by atoms with E-state index in [1.807, 2.05) is 40.7 Å². The van der Waals surface area contributed by atoms with Crippen molar-refractivity contribution in [2.75, 3.05) is 6.54 Å². The Morgan fingerprint density at radius 3 is 2.74 bits per heavy atom. The number of hydrogen-bond donors (Lipinski definition) is 0. The maximum Gasteiger partial charge on any atom is 0.127 e. The van der Waals surface area contributed by atoms with Crippen molar-refractivity contribution in [1.82, 2.24) is 8.87 Å². The molecule has 4 nitrogen and oxygen atoms in total.